The van der Waals surface area contributed by atoms with E-state index >= 15 is 0 Å². The molecule has 0 amide bonds. The Morgan fingerprint density at radius 2 is 2.25 bits per heavy atom. The number of esters is 1. The molecule has 3 nitrogen and oxygen atoms in total. The molecule has 1 fully saturated rings. The van der Waals surface area contributed by atoms with E-state index < -0.39 is 0 Å². The molecule has 94 valence electrons. The lowest BCUT2D eigenvalue weighted by molar-refractivity contribution is -0.142. The second-order valence-corrected chi connectivity index (χ2v) is 4.92. The first-order chi connectivity index (χ1) is 7.72. The molecule has 0 radical (unpaired) electrons. The molecule has 0 aromatic heterocycles. The molecule has 1 N–H and O–H groups in total. The van der Waals surface area contributed by atoms with Crippen LogP contribution in [-0.2, 0) is 9.53 Å². The largest absolute Gasteiger partial charge is 0.465 e. The number of hydrogen-bond donors (Lipinski definition) is 1. The van der Waals surface area contributed by atoms with Gasteiger partial charge in [-0.05, 0) is 25.2 Å². The molecule has 0 bridgehead atoms. The summed E-state index contributed by atoms with van der Waals surface area (Å²) < 4.78 is 5.10. The van der Waals surface area contributed by atoms with Gasteiger partial charge in [-0.1, -0.05) is 33.1 Å². The van der Waals surface area contributed by atoms with Crippen LogP contribution in [-0.4, -0.2) is 25.2 Å². The third-order valence-corrected chi connectivity index (χ3v) is 3.23. The number of carbonyl (C=O) groups excluding carboxylic acids is 1. The van der Waals surface area contributed by atoms with E-state index in [1.807, 2.05) is 0 Å². The fourth-order valence-corrected chi connectivity index (χ4v) is 2.23. The second kappa shape index (κ2) is 7.66. The molecule has 0 saturated heterocycles. The van der Waals surface area contributed by atoms with Crippen LogP contribution < -0.4 is 5.32 Å². The van der Waals surface area contributed by atoms with Crippen LogP contribution in [0.4, 0.5) is 0 Å². The molecule has 1 saturated carbocycles. The Hall–Kier alpha value is -0.570. The van der Waals surface area contributed by atoms with Gasteiger partial charge in [0, 0.05) is 6.04 Å². The molecule has 2 unspecified atom stereocenters. The monoisotopic (exact) mass is 227 g/mol. The molecule has 0 aromatic rings. The molecule has 16 heavy (non-hydrogen) atoms. The lowest BCUT2D eigenvalue weighted by atomic mass is 9.87. The summed E-state index contributed by atoms with van der Waals surface area (Å²) in [5, 5.41) is 3.30. The van der Waals surface area contributed by atoms with Gasteiger partial charge in [0.2, 0.25) is 0 Å². The molecule has 2 atom stereocenters. The van der Waals surface area contributed by atoms with Crippen molar-refractivity contribution < 1.29 is 9.53 Å². The van der Waals surface area contributed by atoms with Crippen molar-refractivity contribution in [2.75, 3.05) is 13.2 Å². The Kier molecular flexibility index (Phi) is 6.46. The van der Waals surface area contributed by atoms with E-state index in [4.69, 9.17) is 4.74 Å². The predicted octanol–water partition coefficient (Wildman–Crippen LogP) is 2.50. The molecular weight excluding hydrogens is 202 g/mol. The van der Waals surface area contributed by atoms with Gasteiger partial charge in [-0.15, -0.1) is 0 Å². The SMILES string of the molecule is CCCCOC(=O)CNC1CCCC(C)C1. The van der Waals surface area contributed by atoms with Crippen LogP contribution in [0.3, 0.4) is 0 Å². The fraction of sp³-hybridized carbons (Fsp3) is 0.923. The van der Waals surface area contributed by atoms with Gasteiger partial charge in [-0.3, -0.25) is 4.79 Å². The van der Waals surface area contributed by atoms with Crippen LogP contribution in [0.25, 0.3) is 0 Å². The van der Waals surface area contributed by atoms with Gasteiger partial charge in [0.1, 0.15) is 0 Å². The zero-order chi connectivity index (χ0) is 11.8. The molecule has 3 heteroatoms. The summed E-state index contributed by atoms with van der Waals surface area (Å²) in [6.07, 6.45) is 7.05. The first-order valence-electron chi connectivity index (χ1n) is 6.61. The second-order valence-electron chi connectivity index (χ2n) is 4.92. The van der Waals surface area contributed by atoms with Crippen molar-refractivity contribution in [2.24, 2.45) is 5.92 Å². The van der Waals surface area contributed by atoms with Crippen molar-refractivity contribution in [3.8, 4) is 0 Å². The third-order valence-electron chi connectivity index (χ3n) is 3.23. The zero-order valence-corrected chi connectivity index (χ0v) is 10.6. The molecule has 1 aliphatic carbocycles. The van der Waals surface area contributed by atoms with Crippen LogP contribution in [0.2, 0.25) is 0 Å². The molecule has 0 heterocycles. The van der Waals surface area contributed by atoms with Gasteiger partial charge in [-0.2, -0.15) is 0 Å². The summed E-state index contributed by atoms with van der Waals surface area (Å²) >= 11 is 0. The number of unbranched alkanes of at least 4 members (excludes halogenated alkanes) is 1. The van der Waals surface area contributed by atoms with Crippen LogP contribution >= 0.6 is 0 Å². The van der Waals surface area contributed by atoms with Crippen molar-refractivity contribution in [2.45, 2.75) is 58.4 Å². The minimum absolute atomic E-state index is 0.105. The molecule has 1 rings (SSSR count). The van der Waals surface area contributed by atoms with E-state index in [9.17, 15) is 4.79 Å². The lowest BCUT2D eigenvalue weighted by Crippen LogP contribution is -2.37. The van der Waals surface area contributed by atoms with E-state index in [0.29, 0.717) is 19.2 Å². The van der Waals surface area contributed by atoms with Gasteiger partial charge >= 0.3 is 5.97 Å². The highest BCUT2D eigenvalue weighted by molar-refractivity contribution is 5.71. The molecule has 0 aromatic carbocycles. The predicted molar refractivity (Wildman–Crippen MR) is 65.3 cm³/mol. The van der Waals surface area contributed by atoms with Crippen LogP contribution in [0.5, 0.6) is 0 Å². The maximum Gasteiger partial charge on any atom is 0.319 e. The minimum atomic E-state index is -0.105. The summed E-state index contributed by atoms with van der Waals surface area (Å²) in [4.78, 5) is 11.4. The van der Waals surface area contributed by atoms with Crippen LogP contribution in [0.1, 0.15) is 52.4 Å². The van der Waals surface area contributed by atoms with Crippen LogP contribution in [0, 0.1) is 5.92 Å². The van der Waals surface area contributed by atoms with Crippen LogP contribution in [0.15, 0.2) is 0 Å². The summed E-state index contributed by atoms with van der Waals surface area (Å²) in [5.74, 6) is 0.689. The fourth-order valence-electron chi connectivity index (χ4n) is 2.23. The lowest BCUT2D eigenvalue weighted by Gasteiger charge is -2.27. The highest BCUT2D eigenvalue weighted by Gasteiger charge is 2.18. The number of carbonyl (C=O) groups is 1. The normalized spacial score (nSPS) is 25.4. The average molecular weight is 227 g/mol. The average Bonchev–Trinajstić information content (AvgIpc) is 2.27. The number of nitrogens with one attached hydrogen (secondary N) is 1. The third kappa shape index (κ3) is 5.50. The Balaban J connectivity index is 2.06. The van der Waals surface area contributed by atoms with E-state index in [1.54, 1.807) is 0 Å². The smallest absolute Gasteiger partial charge is 0.319 e. The van der Waals surface area contributed by atoms with Gasteiger partial charge in [0.05, 0.1) is 13.2 Å². The van der Waals surface area contributed by atoms with E-state index in [2.05, 4.69) is 19.2 Å². The molecule has 0 aliphatic heterocycles. The van der Waals surface area contributed by atoms with E-state index in [1.165, 1.54) is 25.7 Å². The Bertz CT molecular complexity index is 206. The van der Waals surface area contributed by atoms with Crippen molar-refractivity contribution in [1.82, 2.24) is 5.32 Å². The maximum atomic E-state index is 11.4. The van der Waals surface area contributed by atoms with E-state index in [-0.39, 0.29) is 5.97 Å². The van der Waals surface area contributed by atoms with Gasteiger partial charge < -0.3 is 10.1 Å². The summed E-state index contributed by atoms with van der Waals surface area (Å²) in [7, 11) is 0. The first kappa shape index (κ1) is 13.5. The molecular formula is C13H25NO2. The standard InChI is InChI=1S/C13H25NO2/c1-3-4-8-16-13(15)10-14-12-7-5-6-11(2)9-12/h11-12,14H,3-10H2,1-2H3. The first-order valence-corrected chi connectivity index (χ1v) is 6.61. The van der Waals surface area contributed by atoms with Gasteiger partial charge in [-0.25, -0.2) is 0 Å². The number of rotatable bonds is 6. The Labute approximate surface area is 98.9 Å². The zero-order valence-electron chi connectivity index (χ0n) is 10.6. The van der Waals surface area contributed by atoms with Gasteiger partial charge in [0.15, 0.2) is 0 Å². The number of ether oxygens (including phenoxy) is 1. The van der Waals surface area contributed by atoms with E-state index in [0.717, 1.165) is 18.8 Å². The summed E-state index contributed by atoms with van der Waals surface area (Å²) in [6, 6.07) is 0.516. The number of hydrogen-bond acceptors (Lipinski definition) is 3. The highest BCUT2D eigenvalue weighted by atomic mass is 16.5. The Morgan fingerprint density at radius 3 is 2.94 bits per heavy atom. The topological polar surface area (TPSA) is 38.3 Å². The Morgan fingerprint density at radius 1 is 1.44 bits per heavy atom. The quantitative estimate of drug-likeness (QED) is 0.559. The van der Waals surface area contributed by atoms with Gasteiger partial charge in [0.25, 0.3) is 0 Å². The van der Waals surface area contributed by atoms with Crippen molar-refractivity contribution in [1.29, 1.82) is 0 Å². The highest BCUT2D eigenvalue weighted by Crippen LogP contribution is 2.23. The maximum absolute atomic E-state index is 11.4. The molecule has 1 aliphatic rings. The summed E-state index contributed by atoms with van der Waals surface area (Å²) in [5.41, 5.74) is 0. The molecule has 0 spiro atoms. The van der Waals surface area contributed by atoms with Crippen molar-refractivity contribution >= 4 is 5.97 Å². The minimum Gasteiger partial charge on any atom is -0.465 e. The van der Waals surface area contributed by atoms with Crippen molar-refractivity contribution in [3.05, 3.63) is 0 Å². The summed E-state index contributed by atoms with van der Waals surface area (Å²) in [6.45, 7) is 5.32. The van der Waals surface area contributed by atoms with Crippen molar-refractivity contribution in [3.63, 3.8) is 0 Å².